The van der Waals surface area contributed by atoms with Crippen molar-refractivity contribution >= 4 is 21.8 Å². The molecule has 5 heteroatoms. The van der Waals surface area contributed by atoms with Crippen LogP contribution in [0.5, 0.6) is 0 Å². The number of rotatable bonds is 4. The average molecular weight is 296 g/mol. The second kappa shape index (κ2) is 6.36. The summed E-state index contributed by atoms with van der Waals surface area (Å²) >= 11 is 3.26. The monoisotopic (exact) mass is 295 g/mol. The summed E-state index contributed by atoms with van der Waals surface area (Å²) in [5, 5.41) is 8.59. The summed E-state index contributed by atoms with van der Waals surface area (Å²) in [7, 11) is 0. The van der Waals surface area contributed by atoms with E-state index < -0.39 is 0 Å². The predicted molar refractivity (Wildman–Crippen MR) is 68.3 cm³/mol. The maximum Gasteiger partial charge on any atom is 0.256 e. The molecule has 0 spiro atoms. The zero-order valence-corrected chi connectivity index (χ0v) is 11.4. The number of carbonyl (C=O) groups excluding carboxylic acids is 1. The lowest BCUT2D eigenvalue weighted by molar-refractivity contribution is 0.0709. The molecule has 0 atom stereocenters. The highest BCUT2D eigenvalue weighted by Crippen LogP contribution is 2.16. The molecule has 0 aliphatic carbocycles. The van der Waals surface area contributed by atoms with Crippen molar-refractivity contribution in [2.75, 3.05) is 6.54 Å². The van der Waals surface area contributed by atoms with Crippen LogP contribution >= 0.6 is 15.9 Å². The largest absolute Gasteiger partial charge is 0.335 e. The molecule has 0 unspecified atom stereocenters. The van der Waals surface area contributed by atoms with E-state index in [4.69, 9.17) is 5.26 Å². The van der Waals surface area contributed by atoms with Crippen LogP contribution in [0.4, 0.5) is 0 Å². The molecule has 0 aliphatic rings. The van der Waals surface area contributed by atoms with Crippen LogP contribution in [0.25, 0.3) is 0 Å². The number of aromatic nitrogens is 1. The Bertz CT molecular complexity index is 440. The van der Waals surface area contributed by atoms with Gasteiger partial charge in [0.15, 0.2) is 0 Å². The second-order valence-corrected chi connectivity index (χ2v) is 4.59. The van der Waals surface area contributed by atoms with Gasteiger partial charge in [0, 0.05) is 18.8 Å². The van der Waals surface area contributed by atoms with Gasteiger partial charge in [0.25, 0.3) is 5.91 Å². The number of pyridine rings is 1. The first-order chi connectivity index (χ1) is 8.07. The highest BCUT2D eigenvalue weighted by Gasteiger charge is 2.20. The fourth-order valence-corrected chi connectivity index (χ4v) is 1.88. The minimum Gasteiger partial charge on any atom is -0.335 e. The Labute approximate surface area is 109 Å². The topological polar surface area (TPSA) is 57.0 Å². The van der Waals surface area contributed by atoms with Crippen LogP contribution in [0.2, 0.25) is 0 Å². The zero-order chi connectivity index (χ0) is 12.8. The number of hydrogen-bond acceptors (Lipinski definition) is 3. The Hall–Kier alpha value is -1.41. The van der Waals surface area contributed by atoms with Gasteiger partial charge in [0.1, 0.15) is 4.60 Å². The standard InChI is InChI=1S/C12H14BrN3O/c1-9(2)16(8-4-6-14)12(17)10-5-3-7-15-11(10)13/h3,5,7,9H,4,8H2,1-2H3. The van der Waals surface area contributed by atoms with Crippen molar-refractivity contribution in [3.8, 4) is 6.07 Å². The third-order valence-corrected chi connectivity index (χ3v) is 2.97. The van der Waals surface area contributed by atoms with Gasteiger partial charge in [0.2, 0.25) is 0 Å². The molecule has 1 rings (SSSR count). The van der Waals surface area contributed by atoms with Gasteiger partial charge in [-0.2, -0.15) is 5.26 Å². The fraction of sp³-hybridized carbons (Fsp3) is 0.417. The lowest BCUT2D eigenvalue weighted by Crippen LogP contribution is -2.37. The Balaban J connectivity index is 2.93. The van der Waals surface area contributed by atoms with Gasteiger partial charge < -0.3 is 4.90 Å². The molecule has 1 aromatic rings. The van der Waals surface area contributed by atoms with Gasteiger partial charge in [-0.1, -0.05) is 0 Å². The number of nitrogens with zero attached hydrogens (tertiary/aromatic N) is 3. The second-order valence-electron chi connectivity index (χ2n) is 3.84. The third kappa shape index (κ3) is 3.53. The van der Waals surface area contributed by atoms with Crippen molar-refractivity contribution < 1.29 is 4.79 Å². The maximum atomic E-state index is 12.3. The summed E-state index contributed by atoms with van der Waals surface area (Å²) in [5.41, 5.74) is 0.527. The number of carbonyl (C=O) groups is 1. The summed E-state index contributed by atoms with van der Waals surface area (Å²) in [6.07, 6.45) is 1.96. The van der Waals surface area contributed by atoms with Gasteiger partial charge in [-0.3, -0.25) is 4.79 Å². The summed E-state index contributed by atoms with van der Waals surface area (Å²) in [4.78, 5) is 18.0. The van der Waals surface area contributed by atoms with E-state index in [1.165, 1.54) is 0 Å². The molecule has 17 heavy (non-hydrogen) atoms. The molecule has 0 saturated carbocycles. The molecule has 0 aliphatic heterocycles. The first-order valence-corrected chi connectivity index (χ1v) is 6.15. The Morgan fingerprint density at radius 2 is 2.35 bits per heavy atom. The molecule has 0 N–H and O–H groups in total. The molecule has 1 heterocycles. The smallest absolute Gasteiger partial charge is 0.256 e. The van der Waals surface area contributed by atoms with E-state index in [1.807, 2.05) is 13.8 Å². The lowest BCUT2D eigenvalue weighted by atomic mass is 10.2. The van der Waals surface area contributed by atoms with Crippen molar-refractivity contribution in [2.24, 2.45) is 0 Å². The molecule has 1 amide bonds. The van der Waals surface area contributed by atoms with Gasteiger partial charge in [-0.15, -0.1) is 0 Å². The summed E-state index contributed by atoms with van der Waals surface area (Å²) in [5.74, 6) is -0.102. The predicted octanol–water partition coefficient (Wildman–Crippen LogP) is 2.61. The number of halogens is 1. The minimum absolute atomic E-state index is 0.0583. The summed E-state index contributed by atoms with van der Waals surface area (Å²) < 4.78 is 0.535. The molecule has 4 nitrogen and oxygen atoms in total. The van der Waals surface area contributed by atoms with Crippen molar-refractivity contribution in [3.63, 3.8) is 0 Å². The molecule has 0 aromatic carbocycles. The zero-order valence-electron chi connectivity index (χ0n) is 9.85. The Morgan fingerprint density at radius 3 is 2.88 bits per heavy atom. The Kier molecular flexibility index (Phi) is 5.11. The van der Waals surface area contributed by atoms with Crippen LogP contribution < -0.4 is 0 Å². The van der Waals surface area contributed by atoms with Gasteiger partial charge in [-0.05, 0) is 41.9 Å². The van der Waals surface area contributed by atoms with Crippen LogP contribution in [0.1, 0.15) is 30.6 Å². The van der Waals surface area contributed by atoms with E-state index in [2.05, 4.69) is 27.0 Å². The van der Waals surface area contributed by atoms with Gasteiger partial charge in [0.05, 0.1) is 18.1 Å². The van der Waals surface area contributed by atoms with E-state index in [-0.39, 0.29) is 11.9 Å². The van der Waals surface area contributed by atoms with Crippen LogP contribution in [-0.2, 0) is 0 Å². The highest BCUT2D eigenvalue weighted by molar-refractivity contribution is 9.10. The molecule has 0 bridgehead atoms. The molecular weight excluding hydrogens is 282 g/mol. The first-order valence-electron chi connectivity index (χ1n) is 5.36. The minimum atomic E-state index is -0.102. The highest BCUT2D eigenvalue weighted by atomic mass is 79.9. The SMILES string of the molecule is CC(C)N(CCC#N)C(=O)c1cccnc1Br. The van der Waals surface area contributed by atoms with Crippen LogP contribution in [0.15, 0.2) is 22.9 Å². The van der Waals surface area contributed by atoms with Crippen molar-refractivity contribution in [1.29, 1.82) is 5.26 Å². The number of hydrogen-bond donors (Lipinski definition) is 0. The van der Waals surface area contributed by atoms with Gasteiger partial charge in [-0.25, -0.2) is 4.98 Å². The van der Waals surface area contributed by atoms with E-state index in [1.54, 1.807) is 23.2 Å². The van der Waals surface area contributed by atoms with Crippen LogP contribution in [0, 0.1) is 11.3 Å². The quantitative estimate of drug-likeness (QED) is 0.802. The van der Waals surface area contributed by atoms with Crippen LogP contribution in [-0.4, -0.2) is 28.4 Å². The molecule has 1 aromatic heterocycles. The van der Waals surface area contributed by atoms with Crippen molar-refractivity contribution in [3.05, 3.63) is 28.5 Å². The number of amides is 1. The molecule has 0 saturated heterocycles. The van der Waals surface area contributed by atoms with E-state index in [9.17, 15) is 4.79 Å². The summed E-state index contributed by atoms with van der Waals surface area (Å²) in [6.45, 7) is 4.30. The molecule has 0 radical (unpaired) electrons. The molecular formula is C12H14BrN3O. The van der Waals surface area contributed by atoms with Crippen molar-refractivity contribution in [2.45, 2.75) is 26.3 Å². The normalized spacial score (nSPS) is 10.1. The molecule has 90 valence electrons. The third-order valence-electron chi connectivity index (χ3n) is 2.34. The fourth-order valence-electron chi connectivity index (χ4n) is 1.46. The van der Waals surface area contributed by atoms with E-state index in [0.717, 1.165) is 0 Å². The molecule has 0 fully saturated rings. The van der Waals surface area contributed by atoms with Crippen LogP contribution in [0.3, 0.4) is 0 Å². The van der Waals surface area contributed by atoms with Gasteiger partial charge >= 0.3 is 0 Å². The average Bonchev–Trinajstić information content (AvgIpc) is 2.29. The van der Waals surface area contributed by atoms with Crippen molar-refractivity contribution in [1.82, 2.24) is 9.88 Å². The Morgan fingerprint density at radius 1 is 1.65 bits per heavy atom. The summed E-state index contributed by atoms with van der Waals surface area (Å²) in [6, 6.07) is 5.56. The number of nitriles is 1. The van der Waals surface area contributed by atoms with E-state index >= 15 is 0 Å². The lowest BCUT2D eigenvalue weighted by Gasteiger charge is -2.26. The first kappa shape index (κ1) is 13.7. The van der Waals surface area contributed by atoms with E-state index in [0.29, 0.717) is 23.1 Å². The maximum absolute atomic E-state index is 12.3.